The first-order valence-corrected chi connectivity index (χ1v) is 8.33. The number of aromatic nitrogens is 5. The number of hydrogen-bond acceptors (Lipinski definition) is 8. The first-order chi connectivity index (χ1) is 12.7. The molecule has 3 aromatic heterocycles. The van der Waals surface area contributed by atoms with Gasteiger partial charge < -0.3 is 13.9 Å². The fraction of sp³-hybridized carbons (Fsp3) is 0.0625. The zero-order valence-electron chi connectivity index (χ0n) is 13.0. The predicted molar refractivity (Wildman–Crippen MR) is 88.1 cm³/mol. The SMILES string of the molecule is N#Cc1cc(F)cc(-c2nc(CSc3nnc(-c4ccco4)[nH]3)no2)c1. The van der Waals surface area contributed by atoms with Gasteiger partial charge in [-0.25, -0.2) is 4.39 Å². The molecular formula is C16H9FN6O2S. The lowest BCUT2D eigenvalue weighted by Crippen LogP contribution is -1.87. The highest BCUT2D eigenvalue weighted by Gasteiger charge is 2.13. The van der Waals surface area contributed by atoms with Crippen molar-refractivity contribution in [1.82, 2.24) is 25.3 Å². The van der Waals surface area contributed by atoms with Crippen molar-refractivity contribution in [2.45, 2.75) is 10.9 Å². The molecule has 0 unspecified atom stereocenters. The van der Waals surface area contributed by atoms with Crippen LogP contribution in [0, 0.1) is 17.1 Å². The minimum atomic E-state index is -0.541. The van der Waals surface area contributed by atoms with E-state index in [-0.39, 0.29) is 11.5 Å². The summed E-state index contributed by atoms with van der Waals surface area (Å²) in [4.78, 5) is 7.24. The fourth-order valence-corrected chi connectivity index (χ4v) is 2.83. The third kappa shape index (κ3) is 3.33. The van der Waals surface area contributed by atoms with Crippen molar-refractivity contribution in [3.63, 3.8) is 0 Å². The van der Waals surface area contributed by atoms with E-state index in [4.69, 9.17) is 14.2 Å². The van der Waals surface area contributed by atoms with Gasteiger partial charge in [-0.3, -0.25) is 0 Å². The average molecular weight is 368 g/mol. The Kier molecular flexibility index (Phi) is 4.20. The largest absolute Gasteiger partial charge is 0.461 e. The molecule has 0 atom stereocenters. The molecule has 1 aromatic carbocycles. The van der Waals surface area contributed by atoms with Crippen molar-refractivity contribution in [2.75, 3.05) is 0 Å². The number of furan rings is 1. The molecule has 3 heterocycles. The molecule has 0 saturated heterocycles. The Morgan fingerprint density at radius 1 is 1.27 bits per heavy atom. The molecule has 1 N–H and O–H groups in total. The van der Waals surface area contributed by atoms with E-state index in [1.165, 1.54) is 23.9 Å². The lowest BCUT2D eigenvalue weighted by Gasteiger charge is -1.96. The minimum Gasteiger partial charge on any atom is -0.461 e. The highest BCUT2D eigenvalue weighted by Crippen LogP contribution is 2.24. The van der Waals surface area contributed by atoms with Crippen LogP contribution in [0.1, 0.15) is 11.4 Å². The van der Waals surface area contributed by atoms with Gasteiger partial charge in [-0.05, 0) is 30.3 Å². The van der Waals surface area contributed by atoms with Crippen LogP contribution in [0.4, 0.5) is 4.39 Å². The second-order valence-corrected chi connectivity index (χ2v) is 6.06. The number of hydrogen-bond donors (Lipinski definition) is 1. The van der Waals surface area contributed by atoms with Gasteiger partial charge in [-0.15, -0.1) is 10.2 Å². The number of aromatic amines is 1. The fourth-order valence-electron chi connectivity index (χ4n) is 2.18. The van der Waals surface area contributed by atoms with Gasteiger partial charge in [0, 0.05) is 5.56 Å². The van der Waals surface area contributed by atoms with Crippen LogP contribution >= 0.6 is 11.8 Å². The molecule has 0 spiro atoms. The number of nitriles is 1. The highest BCUT2D eigenvalue weighted by atomic mass is 32.2. The molecule has 0 fully saturated rings. The topological polar surface area (TPSA) is 117 Å². The maximum atomic E-state index is 13.5. The summed E-state index contributed by atoms with van der Waals surface area (Å²) in [7, 11) is 0. The van der Waals surface area contributed by atoms with Gasteiger partial charge in [0.1, 0.15) is 5.82 Å². The van der Waals surface area contributed by atoms with Crippen molar-refractivity contribution < 1.29 is 13.3 Å². The molecule has 0 aliphatic carbocycles. The zero-order chi connectivity index (χ0) is 17.9. The number of nitrogens with one attached hydrogen (secondary N) is 1. The summed E-state index contributed by atoms with van der Waals surface area (Å²) in [5, 5.41) is 21.3. The van der Waals surface area contributed by atoms with E-state index in [2.05, 4.69) is 25.3 Å². The van der Waals surface area contributed by atoms with Gasteiger partial charge in [0.25, 0.3) is 5.89 Å². The Bertz CT molecular complexity index is 1080. The summed E-state index contributed by atoms with van der Waals surface area (Å²) in [5.74, 6) is 1.49. The van der Waals surface area contributed by atoms with Crippen LogP contribution in [0.3, 0.4) is 0 Å². The molecule has 26 heavy (non-hydrogen) atoms. The van der Waals surface area contributed by atoms with Gasteiger partial charge in [-0.1, -0.05) is 16.9 Å². The molecule has 4 rings (SSSR count). The van der Waals surface area contributed by atoms with Crippen molar-refractivity contribution in [1.29, 1.82) is 5.26 Å². The van der Waals surface area contributed by atoms with Crippen molar-refractivity contribution in [3.05, 3.63) is 53.8 Å². The normalized spacial score (nSPS) is 10.8. The Morgan fingerprint density at radius 3 is 3.00 bits per heavy atom. The standard InChI is InChI=1S/C16H9FN6O2S/c17-11-5-9(7-18)4-10(6-11)15-19-13(23-25-15)8-26-16-20-14(21-22-16)12-2-1-3-24-12/h1-6H,8H2,(H,20,21,22). The predicted octanol–water partition coefficient (Wildman–Crippen LogP) is 3.42. The maximum absolute atomic E-state index is 13.5. The second kappa shape index (κ2) is 6.81. The summed E-state index contributed by atoms with van der Waals surface area (Å²) in [6.07, 6.45) is 1.55. The third-order valence-corrected chi connectivity index (χ3v) is 4.16. The van der Waals surface area contributed by atoms with Crippen LogP contribution in [0.5, 0.6) is 0 Å². The Balaban J connectivity index is 1.46. The maximum Gasteiger partial charge on any atom is 0.258 e. The molecule has 0 amide bonds. The van der Waals surface area contributed by atoms with E-state index in [1.54, 1.807) is 18.4 Å². The number of halogens is 1. The van der Waals surface area contributed by atoms with Crippen molar-refractivity contribution >= 4 is 11.8 Å². The Morgan fingerprint density at radius 2 is 2.19 bits per heavy atom. The van der Waals surface area contributed by atoms with Crippen LogP contribution < -0.4 is 0 Å². The lowest BCUT2D eigenvalue weighted by molar-refractivity contribution is 0.425. The van der Waals surface area contributed by atoms with E-state index in [0.717, 1.165) is 6.07 Å². The Hall–Kier alpha value is -3.45. The number of nitrogens with zero attached hydrogens (tertiary/aromatic N) is 5. The first-order valence-electron chi connectivity index (χ1n) is 7.34. The first kappa shape index (κ1) is 16.0. The number of rotatable bonds is 5. The smallest absolute Gasteiger partial charge is 0.258 e. The van der Waals surface area contributed by atoms with E-state index >= 15 is 0 Å². The summed E-state index contributed by atoms with van der Waals surface area (Å²) in [6, 6.07) is 9.27. The van der Waals surface area contributed by atoms with Gasteiger partial charge in [-0.2, -0.15) is 10.2 Å². The van der Waals surface area contributed by atoms with Crippen LogP contribution in [-0.2, 0) is 5.75 Å². The van der Waals surface area contributed by atoms with Gasteiger partial charge in [0.05, 0.1) is 23.6 Å². The van der Waals surface area contributed by atoms with E-state index in [9.17, 15) is 4.39 Å². The molecule has 0 aliphatic heterocycles. The molecule has 128 valence electrons. The Labute approximate surface area is 150 Å². The van der Waals surface area contributed by atoms with E-state index in [1.807, 2.05) is 6.07 Å². The number of thioether (sulfide) groups is 1. The molecule has 8 nitrogen and oxygen atoms in total. The summed E-state index contributed by atoms with van der Waals surface area (Å²) >= 11 is 1.33. The van der Waals surface area contributed by atoms with Crippen LogP contribution in [-0.4, -0.2) is 25.3 Å². The van der Waals surface area contributed by atoms with E-state index < -0.39 is 5.82 Å². The van der Waals surface area contributed by atoms with Gasteiger partial charge in [0.15, 0.2) is 22.6 Å². The highest BCUT2D eigenvalue weighted by molar-refractivity contribution is 7.98. The van der Waals surface area contributed by atoms with Gasteiger partial charge in [0.2, 0.25) is 0 Å². The third-order valence-electron chi connectivity index (χ3n) is 3.30. The number of H-pyrrole nitrogens is 1. The summed E-state index contributed by atoms with van der Waals surface area (Å²) in [5.41, 5.74) is 0.534. The number of benzene rings is 1. The molecule has 0 radical (unpaired) electrons. The molecule has 4 aromatic rings. The molecule has 0 bridgehead atoms. The van der Waals surface area contributed by atoms with E-state index in [0.29, 0.717) is 33.9 Å². The molecular weight excluding hydrogens is 359 g/mol. The quantitative estimate of drug-likeness (QED) is 0.532. The van der Waals surface area contributed by atoms with Crippen LogP contribution in [0.15, 0.2) is 50.7 Å². The van der Waals surface area contributed by atoms with Crippen molar-refractivity contribution in [2.24, 2.45) is 0 Å². The molecule has 10 heteroatoms. The molecule has 0 saturated carbocycles. The average Bonchev–Trinajstić information content (AvgIpc) is 3.40. The van der Waals surface area contributed by atoms with Crippen LogP contribution in [0.25, 0.3) is 23.0 Å². The minimum absolute atomic E-state index is 0.144. The van der Waals surface area contributed by atoms with Gasteiger partial charge >= 0.3 is 0 Å². The summed E-state index contributed by atoms with van der Waals surface area (Å²) < 4.78 is 23.9. The van der Waals surface area contributed by atoms with Crippen molar-refractivity contribution in [3.8, 4) is 29.1 Å². The summed E-state index contributed by atoms with van der Waals surface area (Å²) in [6.45, 7) is 0. The monoisotopic (exact) mass is 368 g/mol. The zero-order valence-corrected chi connectivity index (χ0v) is 13.8. The second-order valence-electron chi connectivity index (χ2n) is 5.10. The molecule has 0 aliphatic rings. The lowest BCUT2D eigenvalue weighted by atomic mass is 10.1. The van der Waals surface area contributed by atoms with Crippen LogP contribution in [0.2, 0.25) is 0 Å².